The third kappa shape index (κ3) is 5.50. The predicted octanol–water partition coefficient (Wildman–Crippen LogP) is 3.67. The van der Waals surface area contributed by atoms with E-state index < -0.39 is 0 Å². The number of halogens is 1. The quantitative estimate of drug-likeness (QED) is 0.400. The predicted molar refractivity (Wildman–Crippen MR) is 121 cm³/mol. The Balaban J connectivity index is 0.00000261. The standard InChI is InChI=1S/C21H33N3O2.HI/c1-17-5-4-12-24(15-17)20(22-2)23-16-21(10-13-26-14-11-21)18-6-8-19(25-3)9-7-18;/h6-9,17H,4-5,10-16H2,1-3H3,(H,22,23);1H. The molecular weight excluding hydrogens is 453 g/mol. The van der Waals surface area contributed by atoms with E-state index in [1.807, 2.05) is 7.05 Å². The smallest absolute Gasteiger partial charge is 0.193 e. The number of nitrogens with zero attached hydrogens (tertiary/aromatic N) is 2. The van der Waals surface area contributed by atoms with E-state index >= 15 is 0 Å². The zero-order valence-electron chi connectivity index (χ0n) is 16.9. The first kappa shape index (κ1) is 22.3. The van der Waals surface area contributed by atoms with Gasteiger partial charge in [0.2, 0.25) is 0 Å². The highest BCUT2D eigenvalue weighted by atomic mass is 127. The third-order valence-corrected chi connectivity index (χ3v) is 5.91. The van der Waals surface area contributed by atoms with Crippen LogP contribution in [0.1, 0.15) is 38.2 Å². The Morgan fingerprint density at radius 1 is 1.30 bits per heavy atom. The molecule has 2 aliphatic rings. The highest BCUT2D eigenvalue weighted by Crippen LogP contribution is 2.35. The molecule has 1 aromatic carbocycles. The van der Waals surface area contributed by atoms with Gasteiger partial charge in [0.05, 0.1) is 7.11 Å². The van der Waals surface area contributed by atoms with Gasteiger partial charge in [0, 0.05) is 45.3 Å². The summed E-state index contributed by atoms with van der Waals surface area (Å²) in [5.74, 6) is 2.68. The maximum absolute atomic E-state index is 5.66. The number of rotatable bonds is 4. The molecule has 1 atom stereocenters. The fourth-order valence-electron chi connectivity index (χ4n) is 4.24. The molecule has 0 radical (unpaired) electrons. The number of likely N-dealkylation sites (tertiary alicyclic amines) is 1. The molecule has 0 amide bonds. The Morgan fingerprint density at radius 3 is 2.59 bits per heavy atom. The molecule has 1 unspecified atom stereocenters. The minimum atomic E-state index is 0. The molecule has 3 rings (SSSR count). The van der Waals surface area contributed by atoms with E-state index in [-0.39, 0.29) is 29.4 Å². The summed E-state index contributed by atoms with van der Waals surface area (Å²) in [6.45, 7) is 7.04. The van der Waals surface area contributed by atoms with E-state index in [2.05, 4.69) is 46.4 Å². The van der Waals surface area contributed by atoms with Crippen molar-refractivity contribution in [2.75, 3.05) is 47.0 Å². The zero-order valence-corrected chi connectivity index (χ0v) is 19.2. The Hall–Kier alpha value is -1.02. The lowest BCUT2D eigenvalue weighted by Gasteiger charge is -2.40. The Bertz CT molecular complexity index is 600. The summed E-state index contributed by atoms with van der Waals surface area (Å²) in [5.41, 5.74) is 1.44. The molecule has 0 bridgehead atoms. The van der Waals surface area contributed by atoms with Crippen LogP contribution >= 0.6 is 24.0 Å². The van der Waals surface area contributed by atoms with Crippen LogP contribution in [-0.4, -0.2) is 57.9 Å². The first-order chi connectivity index (χ1) is 12.7. The van der Waals surface area contributed by atoms with Crippen molar-refractivity contribution in [3.05, 3.63) is 29.8 Å². The van der Waals surface area contributed by atoms with E-state index in [0.717, 1.165) is 63.3 Å². The van der Waals surface area contributed by atoms with E-state index in [0.29, 0.717) is 0 Å². The molecular formula is C21H34IN3O2. The highest BCUT2D eigenvalue weighted by molar-refractivity contribution is 14.0. The molecule has 2 fully saturated rings. The number of nitrogens with one attached hydrogen (secondary N) is 1. The normalized spacial score (nSPS) is 22.7. The number of hydrogen-bond acceptors (Lipinski definition) is 3. The summed E-state index contributed by atoms with van der Waals surface area (Å²) in [6.07, 6.45) is 4.62. The number of ether oxygens (including phenoxy) is 2. The van der Waals surface area contributed by atoms with Gasteiger partial charge in [-0.2, -0.15) is 0 Å². The fraction of sp³-hybridized carbons (Fsp3) is 0.667. The number of methoxy groups -OCH3 is 1. The van der Waals surface area contributed by atoms with Crippen molar-refractivity contribution in [3.8, 4) is 5.75 Å². The number of benzene rings is 1. The molecule has 2 saturated heterocycles. The molecule has 2 aliphatic heterocycles. The van der Waals surface area contributed by atoms with Gasteiger partial charge < -0.3 is 19.7 Å². The average molecular weight is 487 g/mol. The van der Waals surface area contributed by atoms with Crippen molar-refractivity contribution >= 4 is 29.9 Å². The lowest BCUT2D eigenvalue weighted by atomic mass is 9.74. The minimum absolute atomic E-state index is 0. The van der Waals surface area contributed by atoms with E-state index in [4.69, 9.17) is 9.47 Å². The van der Waals surface area contributed by atoms with E-state index in [9.17, 15) is 0 Å². The molecule has 27 heavy (non-hydrogen) atoms. The fourth-order valence-corrected chi connectivity index (χ4v) is 4.24. The number of hydrogen-bond donors (Lipinski definition) is 1. The number of piperidine rings is 1. The van der Waals surface area contributed by atoms with Crippen molar-refractivity contribution in [1.29, 1.82) is 0 Å². The van der Waals surface area contributed by atoms with Gasteiger partial charge in [-0.25, -0.2) is 0 Å². The zero-order chi connectivity index (χ0) is 18.4. The average Bonchev–Trinajstić information content (AvgIpc) is 2.69. The summed E-state index contributed by atoms with van der Waals surface area (Å²) in [6, 6.07) is 8.54. The summed E-state index contributed by atoms with van der Waals surface area (Å²) in [4.78, 5) is 6.97. The van der Waals surface area contributed by atoms with Crippen LogP contribution in [0.2, 0.25) is 0 Å². The largest absolute Gasteiger partial charge is 0.497 e. The SMILES string of the molecule is CN=C(NCC1(c2ccc(OC)cc2)CCOCC1)N1CCCC(C)C1.I. The van der Waals surface area contributed by atoms with Crippen LogP contribution in [0.3, 0.4) is 0 Å². The lowest BCUT2D eigenvalue weighted by Crippen LogP contribution is -2.51. The van der Waals surface area contributed by atoms with Crippen LogP contribution in [0, 0.1) is 5.92 Å². The molecule has 0 spiro atoms. The molecule has 0 aliphatic carbocycles. The second kappa shape index (κ2) is 10.5. The van der Waals surface area contributed by atoms with E-state index in [1.54, 1.807) is 7.11 Å². The van der Waals surface area contributed by atoms with Crippen LogP contribution < -0.4 is 10.1 Å². The number of aliphatic imine (C=N–C) groups is 1. The maximum Gasteiger partial charge on any atom is 0.193 e. The van der Waals surface area contributed by atoms with Crippen molar-refractivity contribution in [1.82, 2.24) is 10.2 Å². The van der Waals surface area contributed by atoms with Gasteiger partial charge in [-0.05, 0) is 49.3 Å². The van der Waals surface area contributed by atoms with Crippen molar-refractivity contribution in [3.63, 3.8) is 0 Å². The summed E-state index contributed by atoms with van der Waals surface area (Å²) in [7, 11) is 3.61. The molecule has 1 N–H and O–H groups in total. The van der Waals surface area contributed by atoms with Crippen LogP contribution in [0.5, 0.6) is 5.75 Å². The second-order valence-electron chi connectivity index (χ2n) is 7.72. The molecule has 2 heterocycles. The van der Waals surface area contributed by atoms with Gasteiger partial charge in [0.25, 0.3) is 0 Å². The second-order valence-corrected chi connectivity index (χ2v) is 7.72. The molecule has 5 nitrogen and oxygen atoms in total. The summed E-state index contributed by atoms with van der Waals surface area (Å²) in [5, 5.41) is 3.69. The van der Waals surface area contributed by atoms with Crippen LogP contribution in [0.4, 0.5) is 0 Å². The minimum Gasteiger partial charge on any atom is -0.497 e. The van der Waals surface area contributed by atoms with Crippen molar-refractivity contribution < 1.29 is 9.47 Å². The Morgan fingerprint density at radius 2 is 2.00 bits per heavy atom. The maximum atomic E-state index is 5.66. The van der Waals surface area contributed by atoms with Gasteiger partial charge in [-0.1, -0.05) is 19.1 Å². The Labute approximate surface area is 180 Å². The molecule has 152 valence electrons. The van der Waals surface area contributed by atoms with Crippen LogP contribution in [-0.2, 0) is 10.2 Å². The van der Waals surface area contributed by atoms with Gasteiger partial charge in [-0.3, -0.25) is 4.99 Å². The summed E-state index contributed by atoms with van der Waals surface area (Å²) >= 11 is 0. The van der Waals surface area contributed by atoms with Crippen LogP contribution in [0.25, 0.3) is 0 Å². The monoisotopic (exact) mass is 487 g/mol. The first-order valence-corrected chi connectivity index (χ1v) is 9.85. The lowest BCUT2D eigenvalue weighted by molar-refractivity contribution is 0.0510. The van der Waals surface area contributed by atoms with Crippen molar-refractivity contribution in [2.24, 2.45) is 10.9 Å². The molecule has 6 heteroatoms. The van der Waals surface area contributed by atoms with E-state index in [1.165, 1.54) is 18.4 Å². The van der Waals surface area contributed by atoms with Gasteiger partial charge in [0.1, 0.15) is 5.75 Å². The van der Waals surface area contributed by atoms with Crippen LogP contribution in [0.15, 0.2) is 29.3 Å². The molecule has 0 saturated carbocycles. The Kier molecular flexibility index (Phi) is 8.66. The van der Waals surface area contributed by atoms with Gasteiger partial charge in [-0.15, -0.1) is 24.0 Å². The molecule has 1 aromatic rings. The summed E-state index contributed by atoms with van der Waals surface area (Å²) < 4.78 is 11.0. The van der Waals surface area contributed by atoms with Crippen molar-refractivity contribution in [2.45, 2.75) is 38.0 Å². The third-order valence-electron chi connectivity index (χ3n) is 5.91. The van der Waals surface area contributed by atoms with Gasteiger partial charge in [0.15, 0.2) is 5.96 Å². The van der Waals surface area contributed by atoms with Gasteiger partial charge >= 0.3 is 0 Å². The number of guanidine groups is 1. The molecule has 0 aromatic heterocycles. The highest BCUT2D eigenvalue weighted by Gasteiger charge is 2.35. The topological polar surface area (TPSA) is 46.1 Å². The first-order valence-electron chi connectivity index (χ1n) is 9.85.